The summed E-state index contributed by atoms with van der Waals surface area (Å²) in [6.45, 7) is 28.6. The van der Waals surface area contributed by atoms with Crippen molar-refractivity contribution in [3.63, 3.8) is 0 Å². The molecule has 18 aromatic rings. The van der Waals surface area contributed by atoms with E-state index in [-0.39, 0.29) is 60.3 Å². The van der Waals surface area contributed by atoms with Crippen LogP contribution in [-0.4, -0.2) is 29.9 Å². The summed E-state index contributed by atoms with van der Waals surface area (Å²) in [7, 11) is 0. The number of nitrogens with zero attached hydrogens (tertiary/aromatic N) is 6. The van der Waals surface area contributed by atoms with E-state index in [1.54, 1.807) is 6.20 Å². The van der Waals surface area contributed by atoms with E-state index in [0.717, 1.165) is 151 Å². The Kier molecular flexibility index (Phi) is 38.9. The van der Waals surface area contributed by atoms with Gasteiger partial charge in [-0.3, -0.25) is 0 Å². The van der Waals surface area contributed by atoms with Crippen LogP contribution < -0.4 is 0 Å². The van der Waals surface area contributed by atoms with Crippen LogP contribution in [0.5, 0.6) is 0 Å². The summed E-state index contributed by atoms with van der Waals surface area (Å²) in [5.41, 5.74) is 48.8. The SMILES string of the molecule is CC(C)Cc1cc[c-]c(-c2ccc(-c3cc4ccc3CCc3ccc(c(C(C)C)c3)CC4)cn2)c1.CC(C)c1c[c-]c(-c2ccc(-c3cc4ccc3CCc3ccc(c(C(C)C)c3)CC4)cn2)cc1.Cc1c[c-]c(-c2ccccn2)cc1.Cc1cnc(-c2[c-]cccc2)cc1C.Cc1cnc(-c2[c-]cccc2)cc1C.[Ir].[Ir].[Ir].[c-]1ccccc1-c1ccc(-c2cc3ccc2CCc2ccc(cc2)CC3)cn1. The minimum atomic E-state index is 0. The molecule has 0 N–H and O–H groups in total. The Morgan fingerprint density at radius 1 is 0.248 bits per heavy atom. The molecule has 0 spiro atoms. The number of aryl methyl sites for hydroxylation is 17. The van der Waals surface area contributed by atoms with Crippen molar-refractivity contribution in [1.29, 1.82) is 0 Å². The summed E-state index contributed by atoms with van der Waals surface area (Å²) in [5, 5.41) is 0. The Morgan fingerprint density at radius 2 is 0.603 bits per heavy atom. The Morgan fingerprint density at radius 3 is 0.972 bits per heavy atom. The van der Waals surface area contributed by atoms with Crippen molar-refractivity contribution in [3.8, 4) is 101 Å². The van der Waals surface area contributed by atoms with Crippen molar-refractivity contribution in [2.45, 2.75) is 191 Å². The summed E-state index contributed by atoms with van der Waals surface area (Å²) in [6, 6.07) is 130. The fourth-order valence-electron chi connectivity index (χ4n) is 18.2. The molecule has 3 radical (unpaired) electrons. The number of hydrogen-bond acceptors (Lipinski definition) is 6. The van der Waals surface area contributed by atoms with Gasteiger partial charge in [-0.15, -0.1) is 214 Å². The average molecular weight is 2370 g/mol. The van der Waals surface area contributed by atoms with E-state index in [9.17, 15) is 0 Å². The molecule has 12 aliphatic carbocycles. The molecular formula is C132H126Ir3N6-6. The third-order valence-corrected chi connectivity index (χ3v) is 26.7. The molecule has 6 aromatic heterocycles. The molecule has 0 fully saturated rings. The first kappa shape index (κ1) is 106. The summed E-state index contributed by atoms with van der Waals surface area (Å²) in [6.07, 6.45) is 25.6. The fraction of sp³-hybridized carbons (Fsp3) is 0.227. The van der Waals surface area contributed by atoms with Crippen molar-refractivity contribution in [2.24, 2.45) is 5.92 Å². The molecule has 717 valence electrons. The largest absolute Gasteiger partial charge is 0.305 e. The van der Waals surface area contributed by atoms with E-state index in [1.807, 2.05) is 128 Å². The second kappa shape index (κ2) is 51.8. The molecule has 6 heterocycles. The number of rotatable bonds is 14. The molecular weight excluding hydrogens is 2250 g/mol. The van der Waals surface area contributed by atoms with Crippen molar-refractivity contribution in [2.75, 3.05) is 0 Å². The predicted octanol–water partition coefficient (Wildman–Crippen LogP) is 32.0. The van der Waals surface area contributed by atoms with Gasteiger partial charge in [0.15, 0.2) is 0 Å². The Balaban J connectivity index is 0.000000148. The summed E-state index contributed by atoms with van der Waals surface area (Å²) in [5.74, 6) is 2.29. The van der Waals surface area contributed by atoms with Crippen molar-refractivity contribution < 1.29 is 60.3 Å². The average Bonchev–Trinajstić information content (AvgIpc) is 0.826. The Bertz CT molecular complexity index is 6940. The van der Waals surface area contributed by atoms with Gasteiger partial charge in [-0.1, -0.05) is 255 Å². The van der Waals surface area contributed by atoms with Crippen LogP contribution in [0, 0.1) is 76.9 Å². The first-order valence-corrected chi connectivity index (χ1v) is 49.5. The van der Waals surface area contributed by atoms with Crippen LogP contribution in [0.15, 0.2) is 347 Å². The van der Waals surface area contributed by atoms with Crippen LogP contribution in [0.2, 0.25) is 0 Å². The topological polar surface area (TPSA) is 77.3 Å². The smallest absolute Gasteiger partial charge is 0.0239 e. The maximum atomic E-state index is 4.88. The van der Waals surface area contributed by atoms with Gasteiger partial charge in [0.25, 0.3) is 0 Å². The first-order chi connectivity index (χ1) is 67.2. The Hall–Kier alpha value is -12.5. The molecule has 6 nitrogen and oxygen atoms in total. The van der Waals surface area contributed by atoms with Crippen LogP contribution in [-0.2, 0) is 144 Å². The maximum Gasteiger partial charge on any atom is 0.0239 e. The van der Waals surface area contributed by atoms with Crippen LogP contribution in [0.3, 0.4) is 0 Å². The normalized spacial score (nSPS) is 12.1. The van der Waals surface area contributed by atoms with Gasteiger partial charge in [-0.05, 0) is 292 Å². The standard InChI is InChI=1S/C34H36N.C33H34N.C27H22N.2C13H12N.C12H10N.3Ir/c1-23(2)18-27-6-5-7-30(19-27)34-17-16-31(22-35-34)33-21-26-9-13-28-12-8-25(20-32(28)24(3)4)10-14-29(33)15-11-26;1-22(2)26-13-15-29(16-14-26)33-18-17-30(21-34-33)32-20-25-6-10-27-9-5-24(19-31(27)23(3)4)7-11-28(32)12-8-25;1-2-4-24(5-3-1)27-17-16-25(19-28-27)26-18-22-11-10-20-6-8-21(9-7-20)12-14-23(26)15-13-22;2*1-10-8-13(14-9-11(10)2)12-6-4-3-5-7-12;1-10-5-7-11(8-6-10)12-4-2-3-9-13-12;;;/h5-6,8,11-12,15-17,19-24H,9-10,13-14,18H2,1-4H3;5,8-9,12-15,17-23H,6-7,10-11H2,1-4H3;1-4,6-9,13,15-19H,10-12,14H2;2*3-6,8-9H,1-2H3;2-7,9H,1H3;;;/q6*-1;;;. The van der Waals surface area contributed by atoms with Crippen LogP contribution in [0.1, 0.15) is 190 Å². The number of aromatic nitrogens is 6. The van der Waals surface area contributed by atoms with Crippen LogP contribution >= 0.6 is 0 Å². The Labute approximate surface area is 880 Å². The van der Waals surface area contributed by atoms with E-state index in [0.29, 0.717) is 23.7 Å². The zero-order valence-corrected chi connectivity index (χ0v) is 90.8. The molecule has 0 amide bonds. The van der Waals surface area contributed by atoms with E-state index >= 15 is 0 Å². The second-order valence-corrected chi connectivity index (χ2v) is 38.5. The van der Waals surface area contributed by atoms with E-state index in [4.69, 9.17) is 15.0 Å². The molecule has 9 heteroatoms. The van der Waals surface area contributed by atoms with Crippen molar-refractivity contribution in [3.05, 3.63) is 500 Å². The fourth-order valence-corrected chi connectivity index (χ4v) is 18.2. The van der Waals surface area contributed by atoms with Gasteiger partial charge in [0.05, 0.1) is 0 Å². The van der Waals surface area contributed by atoms with Crippen molar-refractivity contribution >= 4 is 0 Å². The third-order valence-electron chi connectivity index (χ3n) is 26.7. The predicted molar refractivity (Wildman–Crippen MR) is 576 cm³/mol. The second-order valence-electron chi connectivity index (χ2n) is 38.5. The zero-order valence-electron chi connectivity index (χ0n) is 83.6. The molecule has 0 saturated carbocycles. The summed E-state index contributed by atoms with van der Waals surface area (Å²) in [4.78, 5) is 27.4. The summed E-state index contributed by atoms with van der Waals surface area (Å²) >= 11 is 0. The molecule has 0 atom stereocenters. The molecule has 12 aromatic carbocycles. The zero-order chi connectivity index (χ0) is 95.8. The minimum absolute atomic E-state index is 0. The first-order valence-electron chi connectivity index (χ1n) is 49.5. The summed E-state index contributed by atoms with van der Waals surface area (Å²) < 4.78 is 0. The molecule has 12 bridgehead atoms. The van der Waals surface area contributed by atoms with Gasteiger partial charge in [-0.2, -0.15) is 0 Å². The molecule has 141 heavy (non-hydrogen) atoms. The van der Waals surface area contributed by atoms with E-state index < -0.39 is 0 Å². The molecule has 12 aliphatic rings. The third kappa shape index (κ3) is 29.1. The quantitative estimate of drug-likeness (QED) is 0.101. The van der Waals surface area contributed by atoms with Gasteiger partial charge < -0.3 is 29.9 Å². The molecule has 0 saturated heterocycles. The van der Waals surface area contributed by atoms with Crippen LogP contribution in [0.4, 0.5) is 0 Å². The maximum absolute atomic E-state index is 4.88. The molecule has 0 unspecified atom stereocenters. The van der Waals surface area contributed by atoms with Crippen LogP contribution in [0.25, 0.3) is 101 Å². The number of hydrogen-bond donors (Lipinski definition) is 0. The monoisotopic (exact) mass is 2370 g/mol. The minimum Gasteiger partial charge on any atom is -0.305 e. The molecule has 30 rings (SSSR count). The van der Waals surface area contributed by atoms with Gasteiger partial charge in [0.1, 0.15) is 0 Å². The molecule has 0 aliphatic heterocycles. The number of benzene rings is 12. The van der Waals surface area contributed by atoms with E-state index in [2.05, 4.69) is 354 Å². The van der Waals surface area contributed by atoms with E-state index in [1.165, 1.54) is 150 Å². The van der Waals surface area contributed by atoms with Gasteiger partial charge in [0.2, 0.25) is 0 Å². The van der Waals surface area contributed by atoms with Gasteiger partial charge >= 0.3 is 0 Å². The van der Waals surface area contributed by atoms with Gasteiger partial charge in [-0.25, -0.2) is 0 Å². The van der Waals surface area contributed by atoms with Crippen molar-refractivity contribution in [1.82, 2.24) is 29.9 Å². The van der Waals surface area contributed by atoms with Gasteiger partial charge in [0, 0.05) is 97.5 Å². The number of pyridine rings is 6.